The molecule has 0 amide bonds. The van der Waals surface area contributed by atoms with E-state index in [1.54, 1.807) is 54.6 Å². The highest BCUT2D eigenvalue weighted by molar-refractivity contribution is 6.33. The molecule has 0 unspecified atom stereocenters. The van der Waals surface area contributed by atoms with Crippen LogP contribution in [0.15, 0.2) is 54.6 Å². The third kappa shape index (κ3) is 3.27. The number of carbonyl (C=O) groups excluding carboxylic acids is 4. The number of cyclic esters (lactones) is 2. The lowest BCUT2D eigenvalue weighted by Crippen LogP contribution is -1.97. The molecule has 0 bridgehead atoms. The lowest BCUT2D eigenvalue weighted by molar-refractivity contribution is -0.104. The molecule has 0 radical (unpaired) electrons. The highest BCUT2D eigenvalue weighted by Crippen LogP contribution is 2.18. The van der Waals surface area contributed by atoms with Crippen molar-refractivity contribution in [2.75, 3.05) is 0 Å². The van der Waals surface area contributed by atoms with Crippen LogP contribution in [0.25, 0.3) is 0 Å². The molecule has 2 aromatic carbocycles. The minimum Gasteiger partial charge on any atom is -0.386 e. The minimum atomic E-state index is -0.550. The van der Waals surface area contributed by atoms with E-state index in [1.165, 1.54) is 0 Å². The van der Waals surface area contributed by atoms with Crippen molar-refractivity contribution in [3.05, 3.63) is 71.3 Å². The van der Waals surface area contributed by atoms with E-state index in [0.717, 1.165) is 0 Å². The molecular weight excluding hydrogens is 272 g/mol. The fraction of sp³-hybridized carbons (Fsp3) is 0. The van der Waals surface area contributed by atoms with Crippen molar-refractivity contribution in [1.82, 2.24) is 0 Å². The largest absolute Gasteiger partial charge is 0.386 e. The maximum absolute atomic E-state index is 10.8. The number of rotatable bonds is 2. The first-order valence-electron chi connectivity index (χ1n) is 6.03. The predicted octanol–water partition coefficient (Wildman–Crippen LogP) is 2.07. The summed E-state index contributed by atoms with van der Waals surface area (Å²) in [6, 6.07) is 15.0. The maximum atomic E-state index is 10.8. The average molecular weight is 282 g/mol. The van der Waals surface area contributed by atoms with Gasteiger partial charge < -0.3 is 4.74 Å². The van der Waals surface area contributed by atoms with Gasteiger partial charge in [-0.3, -0.25) is 9.59 Å². The van der Waals surface area contributed by atoms with Crippen molar-refractivity contribution >= 4 is 24.0 Å². The second-order valence-corrected chi connectivity index (χ2v) is 4.07. The zero-order valence-corrected chi connectivity index (χ0v) is 10.8. The molecule has 5 nitrogen and oxygen atoms in total. The van der Waals surface area contributed by atoms with Crippen LogP contribution in [-0.2, 0) is 9.53 Å². The fourth-order valence-electron chi connectivity index (χ4n) is 1.70. The number of hydrogen-bond donors (Lipinski definition) is 0. The van der Waals surface area contributed by atoms with Gasteiger partial charge in [0.05, 0.1) is 11.1 Å². The Morgan fingerprint density at radius 2 is 1.29 bits per heavy atom. The van der Waals surface area contributed by atoms with Crippen LogP contribution in [0.2, 0.25) is 0 Å². The van der Waals surface area contributed by atoms with Crippen LogP contribution in [-0.4, -0.2) is 24.0 Å². The number of carbonyl (C=O) groups is 4. The van der Waals surface area contributed by atoms with E-state index in [0.29, 0.717) is 23.0 Å². The smallest absolute Gasteiger partial charge is 0.346 e. The number of hydrogen-bond acceptors (Lipinski definition) is 5. The Hall–Kier alpha value is -3.08. The summed E-state index contributed by atoms with van der Waals surface area (Å²) < 4.78 is 4.35. The molecule has 3 rings (SSSR count). The van der Waals surface area contributed by atoms with E-state index in [9.17, 15) is 19.2 Å². The van der Waals surface area contributed by atoms with Gasteiger partial charge in [0.25, 0.3) is 0 Å². The lowest BCUT2D eigenvalue weighted by Gasteiger charge is -1.88. The summed E-state index contributed by atoms with van der Waals surface area (Å²) in [6.07, 6.45) is 0.315. The van der Waals surface area contributed by atoms with Crippen molar-refractivity contribution in [3.8, 4) is 0 Å². The molecule has 5 heteroatoms. The molecule has 104 valence electrons. The van der Waals surface area contributed by atoms with E-state index in [4.69, 9.17) is 0 Å². The van der Waals surface area contributed by atoms with E-state index < -0.39 is 17.7 Å². The molecule has 21 heavy (non-hydrogen) atoms. The zero-order valence-electron chi connectivity index (χ0n) is 10.8. The Labute approximate surface area is 120 Å². The van der Waals surface area contributed by atoms with Gasteiger partial charge in [0.1, 0.15) is 0 Å². The molecule has 0 aromatic heterocycles. The van der Waals surface area contributed by atoms with Crippen molar-refractivity contribution in [3.63, 3.8) is 0 Å². The van der Waals surface area contributed by atoms with Gasteiger partial charge in [-0.15, -0.1) is 0 Å². The van der Waals surface area contributed by atoms with Gasteiger partial charge in [0.2, 0.25) is 5.78 Å². The summed E-state index contributed by atoms with van der Waals surface area (Å²) in [5.74, 6) is -1.57. The molecule has 0 spiro atoms. The molecule has 2 aromatic rings. The summed E-state index contributed by atoms with van der Waals surface area (Å²) in [4.78, 5) is 42.3. The Morgan fingerprint density at radius 1 is 0.810 bits per heavy atom. The number of aldehydes is 1. The summed E-state index contributed by atoms with van der Waals surface area (Å²) in [5.41, 5.74) is 1.16. The van der Waals surface area contributed by atoms with Gasteiger partial charge in [0.15, 0.2) is 6.29 Å². The zero-order chi connectivity index (χ0) is 15.2. The average Bonchev–Trinajstić information content (AvgIpc) is 2.83. The van der Waals surface area contributed by atoms with Crippen LogP contribution in [0, 0.1) is 0 Å². The van der Waals surface area contributed by atoms with Crippen LogP contribution < -0.4 is 0 Å². The number of benzene rings is 2. The quantitative estimate of drug-likeness (QED) is 0.277. The molecule has 0 fully saturated rings. The van der Waals surface area contributed by atoms with Crippen LogP contribution in [0.5, 0.6) is 0 Å². The summed E-state index contributed by atoms with van der Waals surface area (Å²) >= 11 is 0. The highest BCUT2D eigenvalue weighted by Gasteiger charge is 2.28. The number of ether oxygens (including phenoxy) is 1. The first kappa shape index (κ1) is 14.3. The summed E-state index contributed by atoms with van der Waals surface area (Å²) in [7, 11) is 0. The van der Waals surface area contributed by atoms with E-state index in [-0.39, 0.29) is 0 Å². The number of fused-ring (bicyclic) bond motifs is 1. The highest BCUT2D eigenvalue weighted by atomic mass is 16.6. The predicted molar refractivity (Wildman–Crippen MR) is 73.0 cm³/mol. The van der Waals surface area contributed by atoms with Crippen molar-refractivity contribution in [1.29, 1.82) is 0 Å². The maximum Gasteiger partial charge on any atom is 0.346 e. The van der Waals surface area contributed by atoms with Gasteiger partial charge in [0, 0.05) is 5.56 Å². The van der Waals surface area contributed by atoms with E-state index >= 15 is 0 Å². The monoisotopic (exact) mass is 282 g/mol. The number of esters is 2. The molecule has 0 saturated carbocycles. The number of Topliss-reactive ketones (excluding diaryl/α,β-unsaturated/α-hetero) is 1. The van der Waals surface area contributed by atoms with Crippen LogP contribution in [0.3, 0.4) is 0 Å². The van der Waals surface area contributed by atoms with Crippen LogP contribution >= 0.6 is 0 Å². The first-order valence-corrected chi connectivity index (χ1v) is 6.03. The Kier molecular flexibility index (Phi) is 4.36. The SMILES string of the molecule is O=C1OC(=O)c2ccccc21.O=CC(=O)c1ccccc1. The van der Waals surface area contributed by atoms with E-state index in [1.807, 2.05) is 0 Å². The van der Waals surface area contributed by atoms with Gasteiger partial charge in [-0.1, -0.05) is 42.5 Å². The lowest BCUT2D eigenvalue weighted by atomic mass is 10.1. The first-order chi connectivity index (χ1) is 10.1. The van der Waals surface area contributed by atoms with Crippen molar-refractivity contribution in [2.24, 2.45) is 0 Å². The standard InChI is InChI=1S/C8H4O3.C8H6O2/c9-7-5-3-1-2-4-6(5)8(10)11-7;9-6-8(10)7-4-2-1-3-5-7/h1-4H;1-6H. The van der Waals surface area contributed by atoms with E-state index in [2.05, 4.69) is 4.74 Å². The van der Waals surface area contributed by atoms with Gasteiger partial charge >= 0.3 is 11.9 Å². The molecule has 0 saturated heterocycles. The molecule has 0 atom stereocenters. The van der Waals surface area contributed by atoms with Gasteiger partial charge in [-0.2, -0.15) is 0 Å². The second kappa shape index (κ2) is 6.38. The third-order valence-electron chi connectivity index (χ3n) is 2.72. The molecule has 0 N–H and O–H groups in total. The third-order valence-corrected chi connectivity index (χ3v) is 2.72. The molecule has 1 heterocycles. The summed E-state index contributed by atoms with van der Waals surface area (Å²) in [5, 5.41) is 0. The van der Waals surface area contributed by atoms with Crippen molar-refractivity contribution in [2.45, 2.75) is 0 Å². The molecule has 1 aliphatic heterocycles. The molecule has 1 aliphatic rings. The number of ketones is 1. The second-order valence-electron chi connectivity index (χ2n) is 4.07. The van der Waals surface area contributed by atoms with Crippen LogP contribution in [0.1, 0.15) is 31.1 Å². The normalized spacial score (nSPS) is 11.8. The summed E-state index contributed by atoms with van der Waals surface area (Å²) in [6.45, 7) is 0. The van der Waals surface area contributed by atoms with Crippen LogP contribution in [0.4, 0.5) is 0 Å². The Morgan fingerprint density at radius 3 is 1.76 bits per heavy atom. The van der Waals surface area contributed by atoms with Gasteiger partial charge in [-0.25, -0.2) is 9.59 Å². The molecular formula is C16H10O5. The van der Waals surface area contributed by atoms with Gasteiger partial charge in [-0.05, 0) is 12.1 Å². The molecule has 0 aliphatic carbocycles. The van der Waals surface area contributed by atoms with Crippen molar-refractivity contribution < 1.29 is 23.9 Å². The Balaban J connectivity index is 0.000000155. The topological polar surface area (TPSA) is 77.5 Å². The Bertz CT molecular complexity index is 671. The fourth-order valence-corrected chi connectivity index (χ4v) is 1.70. The minimum absolute atomic E-state index is 0.315.